The Morgan fingerprint density at radius 3 is 2.58 bits per heavy atom. The van der Waals surface area contributed by atoms with E-state index in [0.29, 0.717) is 18.7 Å². The normalized spacial score (nSPS) is 10.2. The monoisotopic (exact) mass is 255 g/mol. The number of nitrogens with two attached hydrogens (primary N) is 1. The smallest absolute Gasteiger partial charge is 0.251 e. The molecule has 0 atom stereocenters. The van der Waals surface area contributed by atoms with Crippen LogP contribution in [0, 0.1) is 6.92 Å². The number of hydrogen-bond acceptors (Lipinski definition) is 3. The first kappa shape index (κ1) is 13.2. The third-order valence-electron chi connectivity index (χ3n) is 2.83. The van der Waals surface area contributed by atoms with Crippen molar-refractivity contribution in [3.05, 3.63) is 65.0 Å². The molecule has 4 heteroatoms. The summed E-state index contributed by atoms with van der Waals surface area (Å²) in [5.41, 5.74) is 8.95. The first-order chi connectivity index (χ1) is 9.19. The first-order valence-corrected chi connectivity index (χ1v) is 6.19. The van der Waals surface area contributed by atoms with Gasteiger partial charge in [-0.3, -0.25) is 9.78 Å². The van der Waals surface area contributed by atoms with E-state index in [-0.39, 0.29) is 5.91 Å². The molecule has 4 nitrogen and oxygen atoms in total. The van der Waals surface area contributed by atoms with Crippen molar-refractivity contribution in [1.29, 1.82) is 0 Å². The molecule has 0 spiro atoms. The molecule has 19 heavy (non-hydrogen) atoms. The Labute approximate surface area is 112 Å². The first-order valence-electron chi connectivity index (χ1n) is 6.19. The standard InChI is InChI=1S/C15H17N3O/c1-11-3-2-4-14(18-11)10-17-15(19)13-7-5-12(9-16)6-8-13/h2-8H,9-10,16H2,1H3,(H,17,19). The lowest BCUT2D eigenvalue weighted by Crippen LogP contribution is -2.23. The number of nitrogens with one attached hydrogen (secondary N) is 1. The van der Waals surface area contributed by atoms with Crippen molar-refractivity contribution in [2.45, 2.75) is 20.0 Å². The van der Waals surface area contributed by atoms with Gasteiger partial charge < -0.3 is 11.1 Å². The van der Waals surface area contributed by atoms with E-state index in [1.807, 2.05) is 37.3 Å². The SMILES string of the molecule is Cc1cccc(CNC(=O)c2ccc(CN)cc2)n1. The molecule has 0 radical (unpaired) electrons. The average Bonchev–Trinajstić information content (AvgIpc) is 2.45. The summed E-state index contributed by atoms with van der Waals surface area (Å²) >= 11 is 0. The molecule has 0 unspecified atom stereocenters. The number of nitrogens with zero attached hydrogens (tertiary/aromatic N) is 1. The Balaban J connectivity index is 1.97. The van der Waals surface area contributed by atoms with Gasteiger partial charge >= 0.3 is 0 Å². The molecular weight excluding hydrogens is 238 g/mol. The van der Waals surface area contributed by atoms with Crippen LogP contribution >= 0.6 is 0 Å². The Bertz CT molecular complexity index is 564. The second-order valence-corrected chi connectivity index (χ2v) is 4.35. The van der Waals surface area contributed by atoms with E-state index in [0.717, 1.165) is 17.0 Å². The van der Waals surface area contributed by atoms with E-state index < -0.39 is 0 Å². The summed E-state index contributed by atoms with van der Waals surface area (Å²) in [6.45, 7) is 2.84. The summed E-state index contributed by atoms with van der Waals surface area (Å²) < 4.78 is 0. The molecule has 3 N–H and O–H groups in total. The number of carbonyl (C=O) groups is 1. The van der Waals surface area contributed by atoms with Gasteiger partial charge in [0.15, 0.2) is 0 Å². The molecule has 0 aliphatic carbocycles. The molecule has 2 aromatic rings. The number of aromatic nitrogens is 1. The molecule has 0 saturated heterocycles. The fourth-order valence-corrected chi connectivity index (χ4v) is 1.76. The highest BCUT2D eigenvalue weighted by atomic mass is 16.1. The zero-order valence-electron chi connectivity index (χ0n) is 10.9. The molecule has 2 rings (SSSR count). The maximum absolute atomic E-state index is 11.9. The van der Waals surface area contributed by atoms with E-state index in [2.05, 4.69) is 10.3 Å². The zero-order chi connectivity index (χ0) is 13.7. The molecule has 0 fully saturated rings. The number of hydrogen-bond donors (Lipinski definition) is 2. The second kappa shape index (κ2) is 6.11. The molecule has 0 aliphatic heterocycles. The van der Waals surface area contributed by atoms with Gasteiger partial charge in [-0.1, -0.05) is 18.2 Å². The number of aryl methyl sites for hydroxylation is 1. The van der Waals surface area contributed by atoms with Crippen molar-refractivity contribution in [3.63, 3.8) is 0 Å². The zero-order valence-corrected chi connectivity index (χ0v) is 10.9. The molecule has 0 saturated carbocycles. The summed E-state index contributed by atoms with van der Waals surface area (Å²) in [6, 6.07) is 13.0. The highest BCUT2D eigenvalue weighted by molar-refractivity contribution is 5.94. The Kier molecular flexibility index (Phi) is 4.26. The molecular formula is C15H17N3O. The highest BCUT2D eigenvalue weighted by Gasteiger charge is 2.05. The van der Waals surface area contributed by atoms with E-state index in [1.54, 1.807) is 12.1 Å². The van der Waals surface area contributed by atoms with Gasteiger partial charge in [-0.25, -0.2) is 0 Å². The maximum atomic E-state index is 11.9. The average molecular weight is 255 g/mol. The van der Waals surface area contributed by atoms with Gasteiger partial charge in [0.1, 0.15) is 0 Å². The highest BCUT2D eigenvalue weighted by Crippen LogP contribution is 2.04. The lowest BCUT2D eigenvalue weighted by atomic mass is 10.1. The van der Waals surface area contributed by atoms with Crippen LogP contribution in [0.25, 0.3) is 0 Å². The van der Waals surface area contributed by atoms with Crippen LogP contribution in [0.15, 0.2) is 42.5 Å². The van der Waals surface area contributed by atoms with Gasteiger partial charge in [0, 0.05) is 17.8 Å². The van der Waals surface area contributed by atoms with E-state index >= 15 is 0 Å². The summed E-state index contributed by atoms with van der Waals surface area (Å²) in [7, 11) is 0. The Hall–Kier alpha value is -2.20. The summed E-state index contributed by atoms with van der Waals surface area (Å²) in [4.78, 5) is 16.3. The van der Waals surface area contributed by atoms with Crippen molar-refractivity contribution < 1.29 is 4.79 Å². The largest absolute Gasteiger partial charge is 0.346 e. The van der Waals surface area contributed by atoms with Crippen LogP contribution in [0.1, 0.15) is 27.3 Å². The minimum Gasteiger partial charge on any atom is -0.346 e. The van der Waals surface area contributed by atoms with Gasteiger partial charge in [-0.2, -0.15) is 0 Å². The quantitative estimate of drug-likeness (QED) is 0.875. The van der Waals surface area contributed by atoms with E-state index in [9.17, 15) is 4.79 Å². The minimum atomic E-state index is -0.105. The molecule has 1 aromatic carbocycles. The number of carbonyl (C=O) groups excluding carboxylic acids is 1. The molecule has 0 aliphatic rings. The van der Waals surface area contributed by atoms with Crippen LogP contribution in [0.5, 0.6) is 0 Å². The van der Waals surface area contributed by atoms with E-state index in [4.69, 9.17) is 5.73 Å². The summed E-state index contributed by atoms with van der Waals surface area (Å²) in [6.07, 6.45) is 0. The fourth-order valence-electron chi connectivity index (χ4n) is 1.76. The summed E-state index contributed by atoms with van der Waals surface area (Å²) in [5.74, 6) is -0.105. The minimum absolute atomic E-state index is 0.105. The van der Waals surface area contributed by atoms with Crippen LogP contribution in [-0.2, 0) is 13.1 Å². The van der Waals surface area contributed by atoms with Crippen molar-refractivity contribution in [1.82, 2.24) is 10.3 Å². The van der Waals surface area contributed by atoms with Crippen LogP contribution in [0.3, 0.4) is 0 Å². The van der Waals surface area contributed by atoms with Crippen molar-refractivity contribution >= 4 is 5.91 Å². The Morgan fingerprint density at radius 2 is 1.95 bits per heavy atom. The predicted octanol–water partition coefficient (Wildman–Crippen LogP) is 1.78. The van der Waals surface area contributed by atoms with Gasteiger partial charge in [0.05, 0.1) is 12.2 Å². The number of rotatable bonds is 4. The maximum Gasteiger partial charge on any atom is 0.251 e. The number of amides is 1. The topological polar surface area (TPSA) is 68.0 Å². The second-order valence-electron chi connectivity index (χ2n) is 4.35. The van der Waals surface area contributed by atoms with E-state index in [1.165, 1.54) is 0 Å². The van der Waals surface area contributed by atoms with Gasteiger partial charge in [0.25, 0.3) is 5.91 Å². The third-order valence-corrected chi connectivity index (χ3v) is 2.83. The number of pyridine rings is 1. The van der Waals surface area contributed by atoms with Gasteiger partial charge in [0.2, 0.25) is 0 Å². The molecule has 1 amide bonds. The van der Waals surface area contributed by atoms with Crippen molar-refractivity contribution in [2.75, 3.05) is 0 Å². The Morgan fingerprint density at radius 1 is 1.21 bits per heavy atom. The molecule has 1 heterocycles. The van der Waals surface area contributed by atoms with Crippen LogP contribution in [0.2, 0.25) is 0 Å². The van der Waals surface area contributed by atoms with Crippen LogP contribution < -0.4 is 11.1 Å². The molecule has 1 aromatic heterocycles. The van der Waals surface area contributed by atoms with Crippen molar-refractivity contribution in [2.24, 2.45) is 5.73 Å². The lowest BCUT2D eigenvalue weighted by Gasteiger charge is -2.06. The van der Waals surface area contributed by atoms with Gasteiger partial charge in [-0.05, 0) is 36.8 Å². The van der Waals surface area contributed by atoms with Crippen LogP contribution in [-0.4, -0.2) is 10.9 Å². The summed E-state index contributed by atoms with van der Waals surface area (Å²) in [5, 5.41) is 2.85. The number of benzene rings is 1. The molecule has 0 bridgehead atoms. The van der Waals surface area contributed by atoms with Crippen LogP contribution in [0.4, 0.5) is 0 Å². The lowest BCUT2D eigenvalue weighted by molar-refractivity contribution is 0.0950. The third kappa shape index (κ3) is 3.63. The van der Waals surface area contributed by atoms with Gasteiger partial charge in [-0.15, -0.1) is 0 Å². The van der Waals surface area contributed by atoms with Crippen molar-refractivity contribution in [3.8, 4) is 0 Å². The fraction of sp³-hybridized carbons (Fsp3) is 0.200. The molecule has 98 valence electrons. The predicted molar refractivity (Wildman–Crippen MR) is 74.5 cm³/mol.